The maximum atomic E-state index is 6.18. The molecule has 2 rings (SSSR count). The van der Waals surface area contributed by atoms with Crippen LogP contribution in [0.1, 0.15) is 43.4 Å². The van der Waals surface area contributed by atoms with Gasteiger partial charge in [-0.15, -0.1) is 0 Å². The number of benzene rings is 2. The first-order chi connectivity index (χ1) is 9.97. The summed E-state index contributed by atoms with van der Waals surface area (Å²) < 4.78 is 6.18. The van der Waals surface area contributed by atoms with Gasteiger partial charge in [0.15, 0.2) is 0 Å². The van der Waals surface area contributed by atoms with E-state index in [-0.39, 0.29) is 6.04 Å². The molecule has 0 amide bonds. The minimum Gasteiger partial charge on any atom is -0.457 e. The fourth-order valence-electron chi connectivity index (χ4n) is 2.42. The van der Waals surface area contributed by atoms with Crippen LogP contribution in [0.15, 0.2) is 42.5 Å². The van der Waals surface area contributed by atoms with E-state index in [0.29, 0.717) is 5.92 Å². The summed E-state index contributed by atoms with van der Waals surface area (Å²) in [5, 5.41) is 0. The summed E-state index contributed by atoms with van der Waals surface area (Å²) in [7, 11) is 0. The summed E-state index contributed by atoms with van der Waals surface area (Å²) in [6.07, 6.45) is 0.864. The Balaban J connectivity index is 2.31. The topological polar surface area (TPSA) is 35.2 Å². The van der Waals surface area contributed by atoms with Crippen LogP contribution in [0.2, 0.25) is 0 Å². The van der Waals surface area contributed by atoms with Crippen LogP contribution in [-0.4, -0.2) is 6.04 Å². The third-order valence-corrected chi connectivity index (χ3v) is 3.57. The van der Waals surface area contributed by atoms with Crippen LogP contribution in [-0.2, 0) is 6.42 Å². The molecule has 21 heavy (non-hydrogen) atoms. The Labute approximate surface area is 127 Å². The molecule has 0 fully saturated rings. The standard InChI is InChI=1S/C19H25NO/c1-13(2)17-7-5-6-8-18(17)21-19-12-16(11-15(4)20)10-9-14(19)3/h5-10,12-13,15H,11,20H2,1-4H3. The van der Waals surface area contributed by atoms with Gasteiger partial charge in [0.25, 0.3) is 0 Å². The van der Waals surface area contributed by atoms with Crippen molar-refractivity contribution in [2.24, 2.45) is 5.73 Å². The van der Waals surface area contributed by atoms with Crippen LogP contribution < -0.4 is 10.5 Å². The predicted molar refractivity (Wildman–Crippen MR) is 89.1 cm³/mol. The van der Waals surface area contributed by atoms with Gasteiger partial charge in [0.1, 0.15) is 11.5 Å². The fraction of sp³-hybridized carbons (Fsp3) is 0.368. The highest BCUT2D eigenvalue weighted by Gasteiger charge is 2.10. The second-order valence-corrected chi connectivity index (χ2v) is 6.08. The summed E-state index contributed by atoms with van der Waals surface area (Å²) in [5.41, 5.74) is 9.48. The second kappa shape index (κ2) is 6.77. The molecule has 1 unspecified atom stereocenters. The predicted octanol–water partition coefficient (Wildman–Crippen LogP) is 4.80. The average molecular weight is 283 g/mol. The van der Waals surface area contributed by atoms with Crippen LogP contribution in [0.5, 0.6) is 11.5 Å². The van der Waals surface area contributed by atoms with Crippen LogP contribution in [0, 0.1) is 6.92 Å². The van der Waals surface area contributed by atoms with Crippen molar-refractivity contribution in [1.29, 1.82) is 0 Å². The summed E-state index contributed by atoms with van der Waals surface area (Å²) >= 11 is 0. The number of ether oxygens (including phenoxy) is 1. The molecule has 1 atom stereocenters. The number of para-hydroxylation sites is 1. The van der Waals surface area contributed by atoms with Crippen LogP contribution >= 0.6 is 0 Å². The lowest BCUT2D eigenvalue weighted by Gasteiger charge is -2.16. The van der Waals surface area contributed by atoms with Crippen molar-refractivity contribution in [3.8, 4) is 11.5 Å². The highest BCUT2D eigenvalue weighted by atomic mass is 16.5. The van der Waals surface area contributed by atoms with Gasteiger partial charge in [0, 0.05) is 6.04 Å². The smallest absolute Gasteiger partial charge is 0.130 e. The highest BCUT2D eigenvalue weighted by molar-refractivity contribution is 5.43. The highest BCUT2D eigenvalue weighted by Crippen LogP contribution is 2.32. The Morgan fingerprint density at radius 2 is 1.71 bits per heavy atom. The van der Waals surface area contributed by atoms with E-state index in [1.54, 1.807) is 0 Å². The maximum absolute atomic E-state index is 6.18. The van der Waals surface area contributed by atoms with E-state index in [4.69, 9.17) is 10.5 Å². The molecule has 2 N–H and O–H groups in total. The van der Waals surface area contributed by atoms with E-state index in [1.807, 2.05) is 19.1 Å². The zero-order chi connectivity index (χ0) is 15.4. The molecule has 0 aliphatic rings. The van der Waals surface area contributed by atoms with Crippen LogP contribution in [0.4, 0.5) is 0 Å². The third-order valence-electron chi connectivity index (χ3n) is 3.57. The molecule has 2 heteroatoms. The summed E-state index contributed by atoms with van der Waals surface area (Å²) in [6, 6.07) is 14.7. The van der Waals surface area contributed by atoms with Gasteiger partial charge in [-0.1, -0.05) is 44.2 Å². The molecule has 112 valence electrons. The van der Waals surface area contributed by atoms with E-state index in [2.05, 4.69) is 51.1 Å². The van der Waals surface area contributed by atoms with E-state index in [0.717, 1.165) is 23.5 Å². The van der Waals surface area contributed by atoms with Crippen LogP contribution in [0.25, 0.3) is 0 Å². The number of aryl methyl sites for hydroxylation is 1. The van der Waals surface area contributed by atoms with Gasteiger partial charge in [0.05, 0.1) is 0 Å². The lowest BCUT2D eigenvalue weighted by atomic mass is 10.0. The van der Waals surface area contributed by atoms with Crippen molar-refractivity contribution in [3.63, 3.8) is 0 Å². The number of hydrogen-bond donors (Lipinski definition) is 1. The van der Waals surface area contributed by atoms with E-state index in [9.17, 15) is 0 Å². The Bertz CT molecular complexity index is 602. The zero-order valence-electron chi connectivity index (χ0n) is 13.4. The van der Waals surface area contributed by atoms with Gasteiger partial charge >= 0.3 is 0 Å². The number of hydrogen-bond acceptors (Lipinski definition) is 2. The molecular formula is C19H25NO. The first-order valence-electron chi connectivity index (χ1n) is 7.59. The third kappa shape index (κ3) is 4.08. The Morgan fingerprint density at radius 1 is 1.00 bits per heavy atom. The average Bonchev–Trinajstić information content (AvgIpc) is 2.42. The SMILES string of the molecule is Cc1ccc(CC(C)N)cc1Oc1ccccc1C(C)C. The number of nitrogens with two attached hydrogens (primary N) is 1. The minimum atomic E-state index is 0.156. The van der Waals surface area contributed by atoms with Gasteiger partial charge in [-0.2, -0.15) is 0 Å². The van der Waals surface area contributed by atoms with Crippen molar-refractivity contribution in [3.05, 3.63) is 59.2 Å². The molecule has 0 radical (unpaired) electrons. The molecule has 0 spiro atoms. The molecule has 0 aromatic heterocycles. The molecule has 0 heterocycles. The summed E-state index contributed by atoms with van der Waals surface area (Å²) in [5.74, 6) is 2.29. The molecule has 0 saturated heterocycles. The fourth-order valence-corrected chi connectivity index (χ4v) is 2.42. The van der Waals surface area contributed by atoms with Crippen molar-refractivity contribution in [2.45, 2.75) is 46.1 Å². The molecule has 2 aromatic rings. The molecule has 0 aliphatic carbocycles. The first kappa shape index (κ1) is 15.6. The van der Waals surface area contributed by atoms with E-state index in [1.165, 1.54) is 11.1 Å². The minimum absolute atomic E-state index is 0.156. The lowest BCUT2D eigenvalue weighted by Crippen LogP contribution is -2.17. The quantitative estimate of drug-likeness (QED) is 0.855. The first-order valence-corrected chi connectivity index (χ1v) is 7.59. The van der Waals surface area contributed by atoms with Gasteiger partial charge in [0.2, 0.25) is 0 Å². The van der Waals surface area contributed by atoms with Crippen molar-refractivity contribution >= 4 is 0 Å². The van der Waals surface area contributed by atoms with Crippen molar-refractivity contribution < 1.29 is 4.74 Å². The molecule has 0 aliphatic heterocycles. The lowest BCUT2D eigenvalue weighted by molar-refractivity contribution is 0.468. The largest absolute Gasteiger partial charge is 0.457 e. The molecule has 0 bridgehead atoms. The second-order valence-electron chi connectivity index (χ2n) is 6.08. The molecule has 2 nitrogen and oxygen atoms in total. The Morgan fingerprint density at radius 3 is 2.38 bits per heavy atom. The van der Waals surface area contributed by atoms with E-state index < -0.39 is 0 Å². The van der Waals surface area contributed by atoms with Gasteiger partial charge < -0.3 is 10.5 Å². The van der Waals surface area contributed by atoms with Crippen molar-refractivity contribution in [2.75, 3.05) is 0 Å². The molecule has 0 saturated carbocycles. The Hall–Kier alpha value is -1.80. The normalized spacial score (nSPS) is 12.5. The van der Waals surface area contributed by atoms with Crippen LogP contribution in [0.3, 0.4) is 0 Å². The van der Waals surface area contributed by atoms with Gasteiger partial charge in [-0.05, 0) is 55.0 Å². The molecule has 2 aromatic carbocycles. The Kier molecular flexibility index (Phi) is 5.03. The zero-order valence-corrected chi connectivity index (χ0v) is 13.4. The maximum Gasteiger partial charge on any atom is 0.130 e. The molecular weight excluding hydrogens is 258 g/mol. The van der Waals surface area contributed by atoms with E-state index >= 15 is 0 Å². The summed E-state index contributed by atoms with van der Waals surface area (Å²) in [4.78, 5) is 0. The van der Waals surface area contributed by atoms with Crippen molar-refractivity contribution in [1.82, 2.24) is 0 Å². The monoisotopic (exact) mass is 283 g/mol. The van der Waals surface area contributed by atoms with Gasteiger partial charge in [-0.25, -0.2) is 0 Å². The summed E-state index contributed by atoms with van der Waals surface area (Å²) in [6.45, 7) is 8.46. The van der Waals surface area contributed by atoms with Gasteiger partial charge in [-0.3, -0.25) is 0 Å². The number of rotatable bonds is 5.